The van der Waals surface area contributed by atoms with Crippen LogP contribution in [-0.2, 0) is 19.1 Å². The number of methoxy groups -OCH3 is 1. The molecule has 1 aromatic rings. The average Bonchev–Trinajstić information content (AvgIpc) is 3.17. The molecule has 0 saturated carbocycles. The highest BCUT2D eigenvalue weighted by molar-refractivity contribution is 7.99. The van der Waals surface area contributed by atoms with Crippen molar-refractivity contribution in [3.8, 4) is 0 Å². The Bertz CT molecular complexity index is 644. The van der Waals surface area contributed by atoms with E-state index in [-0.39, 0.29) is 29.6 Å². The van der Waals surface area contributed by atoms with Gasteiger partial charge in [0.1, 0.15) is 17.2 Å². The van der Waals surface area contributed by atoms with Gasteiger partial charge in [0.2, 0.25) is 5.91 Å². The predicted octanol–water partition coefficient (Wildman–Crippen LogP) is 2.69. The third kappa shape index (κ3) is 6.18. The smallest absolute Gasteiger partial charge is 0.323 e. The van der Waals surface area contributed by atoms with Crippen LogP contribution in [0.4, 0.5) is 4.39 Å². The number of hydrogen-bond acceptors (Lipinski definition) is 6. The first-order valence-electron chi connectivity index (χ1n) is 9.54. The number of rotatable bonds is 10. The summed E-state index contributed by atoms with van der Waals surface area (Å²) in [5.74, 6) is 0.147. The molecule has 1 aliphatic rings. The van der Waals surface area contributed by atoms with E-state index in [9.17, 15) is 14.0 Å². The monoisotopic (exact) mass is 412 g/mol. The maximum atomic E-state index is 13.2. The summed E-state index contributed by atoms with van der Waals surface area (Å²) in [4.78, 5) is 28.9. The summed E-state index contributed by atoms with van der Waals surface area (Å²) in [5.41, 5.74) is 0.904. The van der Waals surface area contributed by atoms with E-state index >= 15 is 0 Å². The molecule has 2 unspecified atom stereocenters. The first-order valence-corrected chi connectivity index (χ1v) is 10.6. The Kier molecular flexibility index (Phi) is 9.21. The van der Waals surface area contributed by atoms with E-state index in [1.165, 1.54) is 12.1 Å². The van der Waals surface area contributed by atoms with Gasteiger partial charge >= 0.3 is 5.97 Å². The first kappa shape index (κ1) is 22.6. The van der Waals surface area contributed by atoms with Crippen molar-refractivity contribution in [3.05, 3.63) is 35.6 Å². The van der Waals surface area contributed by atoms with Crippen LogP contribution in [0.5, 0.6) is 0 Å². The maximum absolute atomic E-state index is 13.2. The second-order valence-corrected chi connectivity index (χ2v) is 7.79. The van der Waals surface area contributed by atoms with Gasteiger partial charge in [-0.1, -0.05) is 12.1 Å². The number of benzene rings is 1. The topological polar surface area (TPSA) is 59.1 Å². The number of carbonyl (C=O) groups is 2. The van der Waals surface area contributed by atoms with E-state index in [2.05, 4.69) is 0 Å². The highest BCUT2D eigenvalue weighted by Crippen LogP contribution is 2.38. The van der Waals surface area contributed by atoms with Crippen LogP contribution in [0, 0.1) is 5.82 Å². The molecule has 0 radical (unpaired) electrons. The largest absolute Gasteiger partial charge is 0.465 e. The number of ether oxygens (including phenoxy) is 2. The zero-order chi connectivity index (χ0) is 20.5. The summed E-state index contributed by atoms with van der Waals surface area (Å²) in [7, 11) is 1.62. The Morgan fingerprint density at radius 2 is 2.07 bits per heavy atom. The standard InChI is InChI=1S/C20H29FN2O4S/c1-4-27-20(25)15(2)22(10-5-12-26-3)14-18(24)23-11-13-28-19(23)16-6-8-17(21)9-7-16/h6-9,15,19H,4-5,10-14H2,1-3H3. The fourth-order valence-corrected chi connectivity index (χ4v) is 4.40. The normalized spacial score (nSPS) is 17.8. The molecule has 0 N–H and O–H groups in total. The summed E-state index contributed by atoms with van der Waals surface area (Å²) in [6.45, 7) is 5.69. The van der Waals surface area contributed by atoms with Gasteiger partial charge in [-0.15, -0.1) is 11.8 Å². The lowest BCUT2D eigenvalue weighted by Crippen LogP contribution is -2.47. The van der Waals surface area contributed by atoms with Crippen molar-refractivity contribution in [2.45, 2.75) is 31.7 Å². The van der Waals surface area contributed by atoms with Gasteiger partial charge in [0.05, 0.1) is 13.2 Å². The minimum absolute atomic E-state index is 0.0482. The molecule has 1 saturated heterocycles. The van der Waals surface area contributed by atoms with Gasteiger partial charge in [-0.05, 0) is 38.0 Å². The molecule has 1 aliphatic heterocycles. The lowest BCUT2D eigenvalue weighted by atomic mass is 10.2. The van der Waals surface area contributed by atoms with Crippen molar-refractivity contribution >= 4 is 23.6 Å². The molecule has 1 heterocycles. The Hall–Kier alpha value is -1.64. The van der Waals surface area contributed by atoms with E-state index in [1.54, 1.807) is 49.8 Å². The van der Waals surface area contributed by atoms with Crippen LogP contribution in [-0.4, -0.2) is 73.4 Å². The van der Waals surface area contributed by atoms with E-state index in [4.69, 9.17) is 9.47 Å². The lowest BCUT2D eigenvalue weighted by molar-refractivity contribution is -0.150. The van der Waals surface area contributed by atoms with E-state index < -0.39 is 6.04 Å². The molecule has 1 fully saturated rings. The average molecular weight is 413 g/mol. The molecule has 8 heteroatoms. The van der Waals surface area contributed by atoms with Gasteiger partial charge in [0.25, 0.3) is 0 Å². The quantitative estimate of drug-likeness (QED) is 0.435. The number of esters is 1. The van der Waals surface area contributed by atoms with E-state index in [0.29, 0.717) is 32.7 Å². The molecular formula is C20H29FN2O4S. The Balaban J connectivity index is 2.07. The van der Waals surface area contributed by atoms with Crippen LogP contribution in [0.3, 0.4) is 0 Å². The molecule has 0 spiro atoms. The minimum Gasteiger partial charge on any atom is -0.465 e. The SMILES string of the molecule is CCOC(=O)C(C)N(CCCOC)CC(=O)N1CCSC1c1ccc(F)cc1. The van der Waals surface area contributed by atoms with Crippen LogP contribution >= 0.6 is 11.8 Å². The molecule has 156 valence electrons. The van der Waals surface area contributed by atoms with Gasteiger partial charge < -0.3 is 14.4 Å². The molecule has 0 aromatic heterocycles. The van der Waals surface area contributed by atoms with E-state index in [0.717, 1.165) is 11.3 Å². The fraction of sp³-hybridized carbons (Fsp3) is 0.600. The zero-order valence-electron chi connectivity index (χ0n) is 16.7. The van der Waals surface area contributed by atoms with Crippen molar-refractivity contribution in [2.24, 2.45) is 0 Å². The van der Waals surface area contributed by atoms with Crippen molar-refractivity contribution < 1.29 is 23.5 Å². The number of nitrogens with zero attached hydrogens (tertiary/aromatic N) is 2. The number of carbonyl (C=O) groups excluding carboxylic acids is 2. The first-order chi connectivity index (χ1) is 13.5. The van der Waals surface area contributed by atoms with Gasteiger partial charge in [-0.25, -0.2) is 4.39 Å². The van der Waals surface area contributed by atoms with Crippen LogP contribution in [0.1, 0.15) is 31.2 Å². The van der Waals surface area contributed by atoms with Gasteiger partial charge in [0, 0.05) is 32.6 Å². The lowest BCUT2D eigenvalue weighted by Gasteiger charge is -2.31. The zero-order valence-corrected chi connectivity index (χ0v) is 17.5. The van der Waals surface area contributed by atoms with Crippen molar-refractivity contribution in [3.63, 3.8) is 0 Å². The highest BCUT2D eigenvalue weighted by atomic mass is 32.2. The maximum Gasteiger partial charge on any atom is 0.323 e. The summed E-state index contributed by atoms with van der Waals surface area (Å²) in [5, 5.41) is -0.133. The molecule has 2 rings (SSSR count). The number of thioether (sulfide) groups is 1. The van der Waals surface area contributed by atoms with Crippen LogP contribution in [0.15, 0.2) is 24.3 Å². The van der Waals surface area contributed by atoms with Crippen molar-refractivity contribution in [2.75, 3.05) is 45.7 Å². The second-order valence-electron chi connectivity index (χ2n) is 6.61. The van der Waals surface area contributed by atoms with Gasteiger partial charge in [-0.3, -0.25) is 14.5 Å². The number of amides is 1. The molecule has 1 aromatic carbocycles. The summed E-state index contributed by atoms with van der Waals surface area (Å²) >= 11 is 1.66. The van der Waals surface area contributed by atoms with Crippen LogP contribution in [0.25, 0.3) is 0 Å². The summed E-state index contributed by atoms with van der Waals surface area (Å²) < 4.78 is 23.4. The predicted molar refractivity (Wildman–Crippen MR) is 107 cm³/mol. The van der Waals surface area contributed by atoms with Crippen molar-refractivity contribution in [1.82, 2.24) is 9.80 Å². The Morgan fingerprint density at radius 3 is 2.71 bits per heavy atom. The molecule has 28 heavy (non-hydrogen) atoms. The van der Waals surface area contributed by atoms with Gasteiger partial charge in [-0.2, -0.15) is 0 Å². The van der Waals surface area contributed by atoms with Gasteiger partial charge in [0.15, 0.2) is 0 Å². The molecule has 2 atom stereocenters. The third-order valence-electron chi connectivity index (χ3n) is 4.67. The Morgan fingerprint density at radius 1 is 1.36 bits per heavy atom. The number of halogens is 1. The number of hydrogen-bond donors (Lipinski definition) is 0. The van der Waals surface area contributed by atoms with Crippen LogP contribution in [0.2, 0.25) is 0 Å². The minimum atomic E-state index is -0.514. The molecule has 0 bridgehead atoms. The summed E-state index contributed by atoms with van der Waals surface area (Å²) in [6.07, 6.45) is 0.712. The Labute approximate surface area is 170 Å². The molecule has 1 amide bonds. The van der Waals surface area contributed by atoms with E-state index in [1.807, 2.05) is 4.90 Å². The van der Waals surface area contributed by atoms with Crippen molar-refractivity contribution in [1.29, 1.82) is 0 Å². The molecule has 0 aliphatic carbocycles. The second kappa shape index (κ2) is 11.4. The molecule has 6 nitrogen and oxygen atoms in total. The third-order valence-corrected chi connectivity index (χ3v) is 5.93. The summed E-state index contributed by atoms with van der Waals surface area (Å²) in [6, 6.07) is 5.75. The molecular weight excluding hydrogens is 383 g/mol. The van der Waals surface area contributed by atoms with Crippen LogP contribution < -0.4 is 0 Å². The highest BCUT2D eigenvalue weighted by Gasteiger charge is 2.33. The fourth-order valence-electron chi connectivity index (χ4n) is 3.13.